The molecule has 0 bridgehead atoms. The molecule has 0 saturated carbocycles. The van der Waals surface area contributed by atoms with Crippen LogP contribution >= 0.6 is 11.8 Å². The standard InChI is InChI=1S/C18H20N4O4S/c1-22-16(12-19-17(23)15-4-3-9-26-15)20-21-18(22)27-11-10-25-14-7-5-13(24-2)6-8-14/h3-9H,10-12H2,1-2H3,(H,19,23). The molecule has 3 aromatic rings. The maximum absolute atomic E-state index is 11.9. The molecule has 0 unspecified atom stereocenters. The van der Waals surface area contributed by atoms with Crippen molar-refractivity contribution in [3.63, 3.8) is 0 Å². The predicted molar refractivity (Wildman–Crippen MR) is 100 cm³/mol. The number of furan rings is 1. The van der Waals surface area contributed by atoms with Crippen LogP contribution in [0.5, 0.6) is 11.5 Å². The lowest BCUT2D eigenvalue weighted by Crippen LogP contribution is -2.24. The largest absolute Gasteiger partial charge is 0.497 e. The number of ether oxygens (including phenoxy) is 2. The molecule has 3 rings (SSSR count). The van der Waals surface area contributed by atoms with Crippen molar-refractivity contribution in [2.24, 2.45) is 7.05 Å². The van der Waals surface area contributed by atoms with Crippen molar-refractivity contribution in [1.29, 1.82) is 0 Å². The third-order valence-corrected chi connectivity index (χ3v) is 4.70. The molecule has 2 heterocycles. The maximum atomic E-state index is 11.9. The second-order valence-electron chi connectivity index (χ2n) is 5.49. The Labute approximate surface area is 160 Å². The Bertz CT molecular complexity index is 862. The van der Waals surface area contributed by atoms with Crippen LogP contribution in [0, 0.1) is 0 Å². The van der Waals surface area contributed by atoms with E-state index in [2.05, 4.69) is 15.5 Å². The Balaban J connectivity index is 1.43. The van der Waals surface area contributed by atoms with Gasteiger partial charge in [-0.1, -0.05) is 11.8 Å². The van der Waals surface area contributed by atoms with Gasteiger partial charge in [-0.15, -0.1) is 10.2 Å². The van der Waals surface area contributed by atoms with Crippen molar-refractivity contribution in [3.05, 3.63) is 54.2 Å². The van der Waals surface area contributed by atoms with Gasteiger partial charge in [0.1, 0.15) is 11.5 Å². The molecule has 9 heteroatoms. The van der Waals surface area contributed by atoms with Gasteiger partial charge in [-0.3, -0.25) is 4.79 Å². The van der Waals surface area contributed by atoms with Gasteiger partial charge in [-0.25, -0.2) is 0 Å². The summed E-state index contributed by atoms with van der Waals surface area (Å²) in [7, 11) is 3.49. The minimum atomic E-state index is -0.287. The molecule has 0 saturated heterocycles. The molecule has 0 fully saturated rings. The molecule has 2 aromatic heterocycles. The van der Waals surface area contributed by atoms with E-state index in [1.165, 1.54) is 18.0 Å². The number of thioether (sulfide) groups is 1. The van der Waals surface area contributed by atoms with E-state index in [9.17, 15) is 4.79 Å². The van der Waals surface area contributed by atoms with Crippen LogP contribution in [-0.4, -0.2) is 40.1 Å². The number of carbonyl (C=O) groups excluding carboxylic acids is 1. The van der Waals surface area contributed by atoms with Crippen LogP contribution in [0.4, 0.5) is 0 Å². The lowest BCUT2D eigenvalue weighted by molar-refractivity contribution is 0.0921. The highest BCUT2D eigenvalue weighted by molar-refractivity contribution is 7.99. The fourth-order valence-corrected chi connectivity index (χ4v) is 2.99. The summed E-state index contributed by atoms with van der Waals surface area (Å²) < 4.78 is 17.7. The summed E-state index contributed by atoms with van der Waals surface area (Å²) in [4.78, 5) is 11.9. The van der Waals surface area contributed by atoms with Gasteiger partial charge in [0.15, 0.2) is 16.7 Å². The molecule has 0 aliphatic carbocycles. The van der Waals surface area contributed by atoms with Crippen LogP contribution in [0.25, 0.3) is 0 Å². The summed E-state index contributed by atoms with van der Waals surface area (Å²) in [6.45, 7) is 0.806. The highest BCUT2D eigenvalue weighted by atomic mass is 32.2. The summed E-state index contributed by atoms with van der Waals surface area (Å²) in [5, 5.41) is 11.8. The lowest BCUT2D eigenvalue weighted by Gasteiger charge is -2.07. The molecule has 0 aliphatic rings. The average molecular weight is 388 g/mol. The fourth-order valence-electron chi connectivity index (χ4n) is 2.24. The number of hydrogen-bond acceptors (Lipinski definition) is 7. The van der Waals surface area contributed by atoms with Gasteiger partial charge >= 0.3 is 0 Å². The molecule has 0 spiro atoms. The monoisotopic (exact) mass is 388 g/mol. The van der Waals surface area contributed by atoms with Gasteiger partial charge in [-0.05, 0) is 36.4 Å². The van der Waals surface area contributed by atoms with Crippen molar-refractivity contribution in [2.45, 2.75) is 11.7 Å². The highest BCUT2D eigenvalue weighted by Gasteiger charge is 2.12. The van der Waals surface area contributed by atoms with E-state index in [1.54, 1.807) is 19.2 Å². The summed E-state index contributed by atoms with van der Waals surface area (Å²) >= 11 is 1.54. The van der Waals surface area contributed by atoms with E-state index >= 15 is 0 Å². The van der Waals surface area contributed by atoms with Crippen LogP contribution < -0.4 is 14.8 Å². The predicted octanol–water partition coefficient (Wildman–Crippen LogP) is 2.52. The Hall–Kier alpha value is -2.94. The first-order chi connectivity index (χ1) is 13.2. The zero-order chi connectivity index (χ0) is 19.1. The van der Waals surface area contributed by atoms with Crippen molar-refractivity contribution < 1.29 is 18.7 Å². The van der Waals surface area contributed by atoms with Crippen LogP contribution in [0.1, 0.15) is 16.4 Å². The lowest BCUT2D eigenvalue weighted by atomic mass is 10.3. The minimum Gasteiger partial charge on any atom is -0.497 e. The molecular formula is C18H20N4O4S. The molecule has 0 atom stereocenters. The van der Waals surface area contributed by atoms with Crippen molar-refractivity contribution in [1.82, 2.24) is 20.1 Å². The number of aromatic nitrogens is 3. The molecule has 27 heavy (non-hydrogen) atoms. The topological polar surface area (TPSA) is 91.4 Å². The number of amides is 1. The maximum Gasteiger partial charge on any atom is 0.287 e. The van der Waals surface area contributed by atoms with Gasteiger partial charge in [0.05, 0.1) is 26.5 Å². The number of benzene rings is 1. The normalized spacial score (nSPS) is 10.6. The van der Waals surface area contributed by atoms with Gasteiger partial charge in [0.25, 0.3) is 5.91 Å². The first kappa shape index (κ1) is 18.8. The van der Waals surface area contributed by atoms with Crippen LogP contribution in [0.15, 0.2) is 52.2 Å². The van der Waals surface area contributed by atoms with Crippen molar-refractivity contribution >= 4 is 17.7 Å². The number of carbonyl (C=O) groups is 1. The van der Waals surface area contributed by atoms with Gasteiger partial charge < -0.3 is 23.8 Å². The second kappa shape index (κ2) is 9.13. The molecule has 1 amide bonds. The summed E-state index contributed by atoms with van der Waals surface area (Å²) in [6.07, 6.45) is 1.46. The van der Waals surface area contributed by atoms with E-state index in [-0.39, 0.29) is 18.2 Å². The second-order valence-corrected chi connectivity index (χ2v) is 6.55. The Morgan fingerprint density at radius 1 is 1.22 bits per heavy atom. The molecule has 142 valence electrons. The summed E-state index contributed by atoms with van der Waals surface area (Å²) in [6, 6.07) is 10.7. The Morgan fingerprint density at radius 2 is 2.00 bits per heavy atom. The average Bonchev–Trinajstić information content (AvgIpc) is 3.35. The zero-order valence-electron chi connectivity index (χ0n) is 15.0. The van der Waals surface area contributed by atoms with E-state index in [4.69, 9.17) is 13.9 Å². The summed E-state index contributed by atoms with van der Waals surface area (Å²) in [5.74, 6) is 2.94. The first-order valence-corrected chi connectivity index (χ1v) is 9.25. The minimum absolute atomic E-state index is 0.266. The van der Waals surface area contributed by atoms with Gasteiger partial charge in [0, 0.05) is 12.8 Å². The van der Waals surface area contributed by atoms with E-state index in [1.807, 2.05) is 35.9 Å². The van der Waals surface area contributed by atoms with Crippen LogP contribution in [0.3, 0.4) is 0 Å². The molecule has 8 nitrogen and oxygen atoms in total. The van der Waals surface area contributed by atoms with Crippen molar-refractivity contribution in [3.8, 4) is 11.5 Å². The molecular weight excluding hydrogens is 368 g/mol. The van der Waals surface area contributed by atoms with E-state index < -0.39 is 0 Å². The first-order valence-electron chi connectivity index (χ1n) is 8.27. The summed E-state index contributed by atoms with van der Waals surface area (Å²) in [5.41, 5.74) is 0. The number of nitrogens with one attached hydrogen (secondary N) is 1. The van der Waals surface area contributed by atoms with Crippen molar-refractivity contribution in [2.75, 3.05) is 19.5 Å². The zero-order valence-corrected chi connectivity index (χ0v) is 15.9. The number of hydrogen-bond donors (Lipinski definition) is 1. The van der Waals surface area contributed by atoms with E-state index in [0.717, 1.165) is 22.4 Å². The molecule has 0 aliphatic heterocycles. The Morgan fingerprint density at radius 3 is 2.70 bits per heavy atom. The Kier molecular flexibility index (Phi) is 6.37. The number of rotatable bonds is 9. The van der Waals surface area contributed by atoms with Crippen LogP contribution in [0.2, 0.25) is 0 Å². The van der Waals surface area contributed by atoms with Gasteiger partial charge in [0.2, 0.25) is 0 Å². The molecule has 1 N–H and O–H groups in total. The SMILES string of the molecule is COc1ccc(OCCSc2nnc(CNC(=O)c3ccco3)n2C)cc1. The van der Waals surface area contributed by atoms with Gasteiger partial charge in [-0.2, -0.15) is 0 Å². The van der Waals surface area contributed by atoms with Crippen LogP contribution in [-0.2, 0) is 13.6 Å². The fraction of sp³-hybridized carbons (Fsp3) is 0.278. The molecule has 1 aromatic carbocycles. The quantitative estimate of drug-likeness (QED) is 0.445. The third-order valence-electron chi connectivity index (χ3n) is 3.72. The van der Waals surface area contributed by atoms with E-state index in [0.29, 0.717) is 12.4 Å². The molecule has 0 radical (unpaired) electrons. The smallest absolute Gasteiger partial charge is 0.287 e. The highest BCUT2D eigenvalue weighted by Crippen LogP contribution is 2.19. The number of methoxy groups -OCH3 is 1. The third kappa shape index (κ3) is 5.04. The number of nitrogens with zero attached hydrogens (tertiary/aromatic N) is 3.